The normalized spacial score (nSPS) is 11.4. The maximum absolute atomic E-state index is 12.4. The lowest BCUT2D eigenvalue weighted by Gasteiger charge is -2.14. The molecule has 0 radical (unpaired) electrons. The number of aromatic nitrogens is 2. The van der Waals surface area contributed by atoms with Gasteiger partial charge in [0, 0.05) is 12.6 Å². The van der Waals surface area contributed by atoms with Gasteiger partial charge in [-0.05, 0) is 50.4 Å². The molecule has 0 fully saturated rings. The highest BCUT2D eigenvalue weighted by atomic mass is 35.5. The fourth-order valence-corrected chi connectivity index (χ4v) is 2.99. The van der Waals surface area contributed by atoms with Crippen LogP contribution in [0.15, 0.2) is 65.7 Å². The maximum Gasteiger partial charge on any atom is 0.261 e. The average molecular weight is 406 g/mol. The summed E-state index contributed by atoms with van der Waals surface area (Å²) in [6.45, 7) is 3.80. The van der Waals surface area contributed by atoms with Crippen molar-refractivity contribution < 1.29 is 24.8 Å². The van der Waals surface area contributed by atoms with Crippen molar-refractivity contribution >= 4 is 10.9 Å². The van der Waals surface area contributed by atoms with Crippen LogP contribution in [0.25, 0.3) is 10.9 Å². The van der Waals surface area contributed by atoms with Crippen molar-refractivity contribution in [3.05, 3.63) is 76.8 Å². The Kier molecular flexibility index (Phi) is 10.1. The second-order valence-corrected chi connectivity index (χ2v) is 6.49. The van der Waals surface area contributed by atoms with Crippen molar-refractivity contribution in [3.8, 4) is 0 Å². The van der Waals surface area contributed by atoms with E-state index in [-0.39, 0.29) is 30.4 Å². The van der Waals surface area contributed by atoms with Gasteiger partial charge in [0.2, 0.25) is 0 Å². The quantitative estimate of drug-likeness (QED) is 0.418. The molecule has 0 saturated carbocycles. The molecule has 0 saturated heterocycles. The van der Waals surface area contributed by atoms with Gasteiger partial charge in [-0.25, -0.2) is 4.98 Å². The molecule has 1 atom stereocenters. The van der Waals surface area contributed by atoms with E-state index in [1.165, 1.54) is 5.56 Å². The number of halogens is 2. The summed E-state index contributed by atoms with van der Waals surface area (Å²) in [5.74, 6) is 0. The Bertz CT molecular complexity index is 868. The van der Waals surface area contributed by atoms with Crippen LogP contribution in [0.5, 0.6) is 0 Å². The Morgan fingerprint density at radius 1 is 1.04 bits per heavy atom. The first-order chi connectivity index (χ1) is 12.2. The lowest BCUT2D eigenvalue weighted by Crippen LogP contribution is -3.00. The predicted molar refractivity (Wildman–Crippen MR) is 103 cm³/mol. The van der Waals surface area contributed by atoms with Crippen LogP contribution in [0.3, 0.4) is 0 Å². The first-order valence-electron chi connectivity index (χ1n) is 8.95. The molecule has 0 aliphatic carbocycles. The SMILES string of the molecule is CC(CCc1ccccc1)NCCCn1cnc2ccccc2c1=O.[Cl-].[Cl-]. The summed E-state index contributed by atoms with van der Waals surface area (Å²) in [5.41, 5.74) is 2.18. The van der Waals surface area contributed by atoms with E-state index in [0.717, 1.165) is 31.3 Å². The number of para-hydroxylation sites is 1. The van der Waals surface area contributed by atoms with E-state index < -0.39 is 0 Å². The number of hydrogen-bond acceptors (Lipinski definition) is 3. The Balaban J connectivity index is 0.00000182. The van der Waals surface area contributed by atoms with Crippen LogP contribution in [-0.2, 0) is 13.0 Å². The monoisotopic (exact) mass is 405 g/mol. The van der Waals surface area contributed by atoms with E-state index in [4.69, 9.17) is 0 Å². The van der Waals surface area contributed by atoms with E-state index in [1.54, 1.807) is 10.9 Å². The van der Waals surface area contributed by atoms with E-state index in [1.807, 2.05) is 24.3 Å². The summed E-state index contributed by atoms with van der Waals surface area (Å²) in [5, 5.41) is 4.23. The third kappa shape index (κ3) is 6.65. The summed E-state index contributed by atoms with van der Waals surface area (Å²) >= 11 is 0. The van der Waals surface area contributed by atoms with Crippen molar-refractivity contribution in [3.63, 3.8) is 0 Å². The highest BCUT2D eigenvalue weighted by Crippen LogP contribution is 2.06. The van der Waals surface area contributed by atoms with Crippen molar-refractivity contribution in [1.82, 2.24) is 14.9 Å². The van der Waals surface area contributed by atoms with Gasteiger partial charge in [-0.15, -0.1) is 0 Å². The predicted octanol–water partition coefficient (Wildman–Crippen LogP) is -2.59. The van der Waals surface area contributed by atoms with Crippen molar-refractivity contribution in [2.45, 2.75) is 38.8 Å². The Labute approximate surface area is 172 Å². The molecular weight excluding hydrogens is 381 g/mol. The van der Waals surface area contributed by atoms with Gasteiger partial charge in [0.25, 0.3) is 5.56 Å². The van der Waals surface area contributed by atoms with E-state index in [9.17, 15) is 4.79 Å². The van der Waals surface area contributed by atoms with Crippen LogP contribution in [0, 0.1) is 0 Å². The van der Waals surface area contributed by atoms with Crippen LogP contribution in [-0.4, -0.2) is 22.1 Å². The largest absolute Gasteiger partial charge is 1.00 e. The minimum absolute atomic E-state index is 0. The van der Waals surface area contributed by atoms with Crippen LogP contribution >= 0.6 is 0 Å². The van der Waals surface area contributed by atoms with Crippen molar-refractivity contribution in [1.29, 1.82) is 0 Å². The zero-order valence-electron chi connectivity index (χ0n) is 15.4. The molecule has 0 amide bonds. The molecule has 1 heterocycles. The third-order valence-corrected chi connectivity index (χ3v) is 4.51. The molecule has 4 nitrogen and oxygen atoms in total. The molecular formula is C21H25Cl2N3O-2. The van der Waals surface area contributed by atoms with Gasteiger partial charge in [-0.2, -0.15) is 0 Å². The van der Waals surface area contributed by atoms with Crippen LogP contribution < -0.4 is 35.7 Å². The fraction of sp³-hybridized carbons (Fsp3) is 0.333. The number of nitrogens with zero attached hydrogens (tertiary/aromatic N) is 2. The van der Waals surface area contributed by atoms with Crippen molar-refractivity contribution in [2.24, 2.45) is 0 Å². The summed E-state index contributed by atoms with van der Waals surface area (Å²) in [6, 6.07) is 18.5. The maximum atomic E-state index is 12.4. The number of aryl methyl sites for hydroxylation is 2. The molecule has 146 valence electrons. The lowest BCUT2D eigenvalue weighted by molar-refractivity contribution is -0.001000. The molecule has 1 unspecified atom stereocenters. The van der Waals surface area contributed by atoms with Crippen LogP contribution in [0.1, 0.15) is 25.3 Å². The molecule has 0 bridgehead atoms. The number of hydrogen-bond donors (Lipinski definition) is 1. The third-order valence-electron chi connectivity index (χ3n) is 4.51. The van der Waals surface area contributed by atoms with E-state index in [2.05, 4.69) is 47.6 Å². The van der Waals surface area contributed by atoms with Gasteiger partial charge in [0.05, 0.1) is 17.2 Å². The number of nitrogens with one attached hydrogen (secondary N) is 1. The summed E-state index contributed by atoms with van der Waals surface area (Å²) in [6.07, 6.45) is 4.77. The zero-order valence-corrected chi connectivity index (χ0v) is 17.0. The Morgan fingerprint density at radius 2 is 1.74 bits per heavy atom. The fourth-order valence-electron chi connectivity index (χ4n) is 2.99. The molecule has 0 aliphatic rings. The number of benzene rings is 2. The highest BCUT2D eigenvalue weighted by Gasteiger charge is 2.04. The molecule has 27 heavy (non-hydrogen) atoms. The van der Waals surface area contributed by atoms with E-state index >= 15 is 0 Å². The summed E-state index contributed by atoms with van der Waals surface area (Å²) in [7, 11) is 0. The topological polar surface area (TPSA) is 46.9 Å². The zero-order chi connectivity index (χ0) is 17.5. The molecule has 1 aromatic heterocycles. The highest BCUT2D eigenvalue weighted by molar-refractivity contribution is 5.76. The number of fused-ring (bicyclic) bond motifs is 1. The van der Waals surface area contributed by atoms with Crippen LogP contribution in [0.2, 0.25) is 0 Å². The molecule has 1 N–H and O–H groups in total. The Morgan fingerprint density at radius 3 is 2.52 bits per heavy atom. The molecule has 3 rings (SSSR count). The van der Waals surface area contributed by atoms with Gasteiger partial charge in [0.15, 0.2) is 0 Å². The van der Waals surface area contributed by atoms with E-state index in [0.29, 0.717) is 18.0 Å². The molecule has 2 aromatic carbocycles. The smallest absolute Gasteiger partial charge is 0.261 e. The first kappa shape index (κ1) is 23.2. The van der Waals surface area contributed by atoms with Crippen molar-refractivity contribution in [2.75, 3.05) is 6.54 Å². The second-order valence-electron chi connectivity index (χ2n) is 6.49. The second kappa shape index (κ2) is 11.8. The van der Waals surface area contributed by atoms with Gasteiger partial charge < -0.3 is 30.1 Å². The van der Waals surface area contributed by atoms with Gasteiger partial charge in [-0.1, -0.05) is 42.5 Å². The first-order valence-corrected chi connectivity index (χ1v) is 8.95. The number of rotatable bonds is 8. The summed E-state index contributed by atoms with van der Waals surface area (Å²) < 4.78 is 1.71. The molecule has 3 aromatic rings. The minimum Gasteiger partial charge on any atom is -1.00 e. The lowest BCUT2D eigenvalue weighted by atomic mass is 10.1. The van der Waals surface area contributed by atoms with Crippen LogP contribution in [0.4, 0.5) is 0 Å². The Hall–Kier alpha value is -1.88. The summed E-state index contributed by atoms with van der Waals surface area (Å²) in [4.78, 5) is 16.8. The molecule has 0 aliphatic heterocycles. The average Bonchev–Trinajstić information content (AvgIpc) is 2.66. The molecule has 0 spiro atoms. The minimum atomic E-state index is 0. The van der Waals surface area contributed by atoms with Gasteiger partial charge in [-0.3, -0.25) is 9.36 Å². The van der Waals surface area contributed by atoms with Gasteiger partial charge >= 0.3 is 0 Å². The van der Waals surface area contributed by atoms with Gasteiger partial charge in [0.1, 0.15) is 0 Å². The molecule has 6 heteroatoms. The standard InChI is InChI=1S/C21H25N3O.2ClH/c1-17(12-13-18-8-3-2-4-9-18)22-14-7-15-24-16-23-20-11-6-5-10-19(20)21(24)25;;/h2-6,8-11,16-17,22H,7,12-15H2,1H3;2*1H/p-2.